The van der Waals surface area contributed by atoms with E-state index in [4.69, 9.17) is 17.3 Å². The van der Waals surface area contributed by atoms with Crippen molar-refractivity contribution >= 4 is 22.5 Å². The van der Waals surface area contributed by atoms with E-state index in [9.17, 15) is 0 Å². The predicted molar refractivity (Wildman–Crippen MR) is 85.3 cm³/mol. The number of hydrogen-bond acceptors (Lipinski definition) is 3. The Hall–Kier alpha value is -1.91. The second-order valence-electron chi connectivity index (χ2n) is 5.21. The summed E-state index contributed by atoms with van der Waals surface area (Å²) in [5.74, 6) is 0. The van der Waals surface area contributed by atoms with Crippen molar-refractivity contribution in [1.82, 2.24) is 14.8 Å². The molecule has 21 heavy (non-hydrogen) atoms. The van der Waals surface area contributed by atoms with E-state index in [-0.39, 0.29) is 6.04 Å². The lowest BCUT2D eigenvalue weighted by atomic mass is 9.97. The van der Waals surface area contributed by atoms with Crippen molar-refractivity contribution in [2.45, 2.75) is 19.4 Å². The van der Waals surface area contributed by atoms with Crippen LogP contribution >= 0.6 is 11.6 Å². The molecule has 0 fully saturated rings. The number of pyridine rings is 1. The third-order valence-corrected chi connectivity index (χ3v) is 4.25. The molecule has 5 heteroatoms. The zero-order valence-corrected chi connectivity index (χ0v) is 12.8. The molecule has 2 aromatic heterocycles. The van der Waals surface area contributed by atoms with Gasteiger partial charge in [0.15, 0.2) is 0 Å². The van der Waals surface area contributed by atoms with E-state index in [2.05, 4.69) is 16.1 Å². The van der Waals surface area contributed by atoms with Gasteiger partial charge in [0.05, 0.1) is 11.2 Å². The van der Waals surface area contributed by atoms with Gasteiger partial charge in [0.25, 0.3) is 0 Å². The molecule has 0 amide bonds. The van der Waals surface area contributed by atoms with Gasteiger partial charge in [-0.25, -0.2) is 0 Å². The number of benzene rings is 1. The average molecular weight is 301 g/mol. The first-order valence-electron chi connectivity index (χ1n) is 6.85. The Morgan fingerprint density at radius 3 is 2.76 bits per heavy atom. The summed E-state index contributed by atoms with van der Waals surface area (Å²) in [6.07, 6.45) is 2.46. The Balaban J connectivity index is 1.99. The van der Waals surface area contributed by atoms with E-state index in [1.807, 2.05) is 38.2 Å². The van der Waals surface area contributed by atoms with Gasteiger partial charge in [-0.1, -0.05) is 29.8 Å². The van der Waals surface area contributed by atoms with Gasteiger partial charge in [0.2, 0.25) is 0 Å². The van der Waals surface area contributed by atoms with Gasteiger partial charge in [-0.3, -0.25) is 9.67 Å². The van der Waals surface area contributed by atoms with Crippen LogP contribution < -0.4 is 5.73 Å². The van der Waals surface area contributed by atoms with Crippen molar-refractivity contribution in [3.63, 3.8) is 0 Å². The molecule has 0 bridgehead atoms. The molecular weight excluding hydrogens is 284 g/mol. The Kier molecular flexibility index (Phi) is 3.66. The molecule has 0 spiro atoms. The summed E-state index contributed by atoms with van der Waals surface area (Å²) >= 11 is 6.30. The van der Waals surface area contributed by atoms with Crippen LogP contribution in [-0.4, -0.2) is 14.8 Å². The minimum absolute atomic E-state index is 0.140. The molecule has 108 valence electrons. The third kappa shape index (κ3) is 2.52. The molecule has 0 saturated heterocycles. The van der Waals surface area contributed by atoms with Crippen LogP contribution in [-0.2, 0) is 13.5 Å². The van der Waals surface area contributed by atoms with E-state index in [1.165, 1.54) is 0 Å². The lowest BCUT2D eigenvalue weighted by Crippen LogP contribution is -2.14. The van der Waals surface area contributed by atoms with Gasteiger partial charge in [0, 0.05) is 30.2 Å². The number of rotatable bonds is 3. The fourth-order valence-corrected chi connectivity index (χ4v) is 2.93. The average Bonchev–Trinajstić information content (AvgIpc) is 2.73. The maximum absolute atomic E-state index is 6.42. The fraction of sp³-hybridized carbons (Fsp3) is 0.250. The molecule has 2 heterocycles. The molecule has 0 aliphatic carbocycles. The Morgan fingerprint density at radius 1 is 1.29 bits per heavy atom. The van der Waals surface area contributed by atoms with Gasteiger partial charge in [-0.2, -0.15) is 5.10 Å². The number of nitrogens with zero attached hydrogens (tertiary/aromatic N) is 3. The van der Waals surface area contributed by atoms with Crippen molar-refractivity contribution in [2.24, 2.45) is 12.8 Å². The maximum Gasteiger partial charge on any atom is 0.130 e. The van der Waals surface area contributed by atoms with E-state index >= 15 is 0 Å². The molecule has 4 nitrogen and oxygen atoms in total. The maximum atomic E-state index is 6.42. The Bertz CT molecular complexity index is 789. The summed E-state index contributed by atoms with van der Waals surface area (Å²) in [6, 6.07) is 9.86. The second kappa shape index (κ2) is 5.47. The van der Waals surface area contributed by atoms with Crippen LogP contribution in [0.15, 0.2) is 36.5 Å². The molecule has 1 aromatic carbocycles. The monoisotopic (exact) mass is 300 g/mol. The van der Waals surface area contributed by atoms with Crippen LogP contribution in [0.4, 0.5) is 0 Å². The van der Waals surface area contributed by atoms with Crippen molar-refractivity contribution in [2.75, 3.05) is 0 Å². The van der Waals surface area contributed by atoms with Crippen molar-refractivity contribution in [3.8, 4) is 0 Å². The molecule has 0 aliphatic rings. The molecule has 0 aliphatic heterocycles. The number of para-hydroxylation sites is 1. The first-order chi connectivity index (χ1) is 10.1. The van der Waals surface area contributed by atoms with Crippen LogP contribution in [0.3, 0.4) is 0 Å². The van der Waals surface area contributed by atoms with Gasteiger partial charge in [0.1, 0.15) is 5.15 Å². The third-order valence-electron chi connectivity index (χ3n) is 3.78. The summed E-state index contributed by atoms with van der Waals surface area (Å²) in [5, 5.41) is 6.08. The molecule has 1 atom stereocenters. The molecule has 2 N–H and O–H groups in total. The highest BCUT2D eigenvalue weighted by atomic mass is 35.5. The quantitative estimate of drug-likeness (QED) is 0.808. The molecule has 3 rings (SSSR count). The zero-order chi connectivity index (χ0) is 15.0. The molecular formula is C16H17ClN4. The topological polar surface area (TPSA) is 56.7 Å². The largest absolute Gasteiger partial charge is 0.324 e. The Labute approximate surface area is 128 Å². The van der Waals surface area contributed by atoms with Gasteiger partial charge in [-0.05, 0) is 31.0 Å². The first-order valence-corrected chi connectivity index (χ1v) is 7.23. The van der Waals surface area contributed by atoms with E-state index < -0.39 is 0 Å². The highest BCUT2D eigenvalue weighted by molar-refractivity contribution is 6.30. The minimum atomic E-state index is -0.140. The van der Waals surface area contributed by atoms with E-state index in [0.29, 0.717) is 11.6 Å². The number of halogens is 1. The normalized spacial score (nSPS) is 12.8. The predicted octanol–water partition coefficient (Wildman–Crippen LogP) is 3.17. The second-order valence-corrected chi connectivity index (χ2v) is 5.56. The molecule has 0 saturated carbocycles. The Morgan fingerprint density at radius 2 is 2.05 bits per heavy atom. The van der Waals surface area contributed by atoms with Gasteiger partial charge < -0.3 is 5.73 Å². The minimum Gasteiger partial charge on any atom is -0.324 e. The summed E-state index contributed by atoms with van der Waals surface area (Å²) in [7, 11) is 1.84. The lowest BCUT2D eigenvalue weighted by molar-refractivity contribution is 0.723. The molecule has 3 aromatic rings. The number of aromatic nitrogens is 3. The van der Waals surface area contributed by atoms with Gasteiger partial charge >= 0.3 is 0 Å². The summed E-state index contributed by atoms with van der Waals surface area (Å²) in [6.45, 7) is 1.96. The lowest BCUT2D eigenvalue weighted by Gasteiger charge is -2.14. The van der Waals surface area contributed by atoms with E-state index in [0.717, 1.165) is 27.7 Å². The van der Waals surface area contributed by atoms with E-state index in [1.54, 1.807) is 10.9 Å². The number of nitrogens with two attached hydrogens (primary N) is 1. The number of fused-ring (bicyclic) bond motifs is 1. The van der Waals surface area contributed by atoms with Crippen LogP contribution in [0.5, 0.6) is 0 Å². The van der Waals surface area contributed by atoms with Crippen molar-refractivity contribution < 1.29 is 0 Å². The van der Waals surface area contributed by atoms with Crippen molar-refractivity contribution in [1.29, 1.82) is 0 Å². The standard InChI is InChI=1S/C16H17ClN4/c1-10-13(16(17)21(2)20-10)9-14(18)11-7-8-19-15-6-4-3-5-12(11)15/h3-8,14H,9,18H2,1-2H3. The SMILES string of the molecule is Cc1nn(C)c(Cl)c1CC(N)c1ccnc2ccccc12. The summed E-state index contributed by atoms with van der Waals surface area (Å²) in [4.78, 5) is 4.37. The van der Waals surface area contributed by atoms with Crippen LogP contribution in [0.2, 0.25) is 5.15 Å². The highest BCUT2D eigenvalue weighted by Crippen LogP contribution is 2.27. The summed E-state index contributed by atoms with van der Waals surface area (Å²) in [5.41, 5.74) is 10.4. The number of aryl methyl sites for hydroxylation is 2. The van der Waals surface area contributed by atoms with Crippen molar-refractivity contribution in [3.05, 3.63) is 58.5 Å². The van der Waals surface area contributed by atoms with Crippen LogP contribution in [0.25, 0.3) is 10.9 Å². The summed E-state index contributed by atoms with van der Waals surface area (Å²) < 4.78 is 1.68. The first kappa shape index (κ1) is 14.0. The molecule has 1 unspecified atom stereocenters. The zero-order valence-electron chi connectivity index (χ0n) is 12.0. The van der Waals surface area contributed by atoms with Gasteiger partial charge in [-0.15, -0.1) is 0 Å². The number of hydrogen-bond donors (Lipinski definition) is 1. The fourth-order valence-electron chi connectivity index (χ4n) is 2.68. The highest BCUT2D eigenvalue weighted by Gasteiger charge is 2.17. The van der Waals surface area contributed by atoms with Crippen LogP contribution in [0.1, 0.15) is 22.9 Å². The smallest absolute Gasteiger partial charge is 0.130 e. The molecule has 0 radical (unpaired) electrons. The van der Waals surface area contributed by atoms with Crippen LogP contribution in [0, 0.1) is 6.92 Å².